The van der Waals surface area contributed by atoms with Crippen LogP contribution in [0.3, 0.4) is 0 Å². The van der Waals surface area contributed by atoms with Gasteiger partial charge < -0.3 is 20.9 Å². The first-order valence-electron chi connectivity index (χ1n) is 6.57. The fourth-order valence-corrected chi connectivity index (χ4v) is 1.65. The van der Waals surface area contributed by atoms with Crippen LogP contribution in [0.25, 0.3) is 0 Å². The fraction of sp³-hybridized carbons (Fsp3) is 0.429. The van der Waals surface area contributed by atoms with Gasteiger partial charge in [0.2, 0.25) is 5.91 Å². The Hall–Kier alpha value is -2.08. The van der Waals surface area contributed by atoms with Gasteiger partial charge in [0.15, 0.2) is 6.61 Å². The summed E-state index contributed by atoms with van der Waals surface area (Å²) in [6.07, 6.45) is 3.01. The van der Waals surface area contributed by atoms with E-state index in [2.05, 4.69) is 5.32 Å². The minimum absolute atomic E-state index is 0.117. The number of benzene rings is 1. The fourth-order valence-electron chi connectivity index (χ4n) is 1.65. The normalized spacial score (nSPS) is 10.1. The zero-order chi connectivity index (χ0) is 14.8. The van der Waals surface area contributed by atoms with Gasteiger partial charge in [0.25, 0.3) is 0 Å². The molecule has 0 aliphatic heterocycles. The third-order valence-corrected chi connectivity index (χ3v) is 2.62. The lowest BCUT2D eigenvalue weighted by molar-refractivity contribution is -0.139. The van der Waals surface area contributed by atoms with Crippen LogP contribution in [0, 0.1) is 0 Å². The lowest BCUT2D eigenvalue weighted by Gasteiger charge is -2.11. The summed E-state index contributed by atoms with van der Waals surface area (Å²) in [5.41, 5.74) is 5.87. The molecule has 4 N–H and O–H groups in total. The van der Waals surface area contributed by atoms with E-state index in [-0.39, 0.29) is 5.91 Å². The van der Waals surface area contributed by atoms with Crippen LogP contribution < -0.4 is 15.8 Å². The smallest absolute Gasteiger partial charge is 0.341 e. The van der Waals surface area contributed by atoms with Crippen LogP contribution in [0.5, 0.6) is 5.75 Å². The van der Waals surface area contributed by atoms with Crippen molar-refractivity contribution in [2.75, 3.05) is 18.5 Å². The van der Waals surface area contributed by atoms with Gasteiger partial charge in [0.05, 0.1) is 5.69 Å². The largest absolute Gasteiger partial charge is 0.480 e. The van der Waals surface area contributed by atoms with Crippen LogP contribution in [0.15, 0.2) is 24.3 Å². The van der Waals surface area contributed by atoms with Crippen molar-refractivity contribution in [1.82, 2.24) is 0 Å². The number of carboxylic acids is 1. The minimum atomic E-state index is -1.06. The van der Waals surface area contributed by atoms with Crippen molar-refractivity contribution in [3.8, 4) is 5.75 Å². The first kappa shape index (κ1) is 16.0. The summed E-state index contributed by atoms with van der Waals surface area (Å²) in [5.74, 6) is -0.827. The summed E-state index contributed by atoms with van der Waals surface area (Å²) >= 11 is 0. The molecule has 0 bridgehead atoms. The molecule has 0 aliphatic rings. The monoisotopic (exact) mass is 280 g/mol. The molecule has 0 saturated carbocycles. The maximum absolute atomic E-state index is 11.8. The molecule has 0 saturated heterocycles. The first-order chi connectivity index (χ1) is 9.63. The molecule has 0 radical (unpaired) electrons. The third-order valence-electron chi connectivity index (χ3n) is 2.62. The quantitative estimate of drug-likeness (QED) is 0.596. The summed E-state index contributed by atoms with van der Waals surface area (Å²) in [4.78, 5) is 22.2. The van der Waals surface area contributed by atoms with Gasteiger partial charge in [-0.25, -0.2) is 4.79 Å². The maximum atomic E-state index is 11.8. The zero-order valence-electron chi connectivity index (χ0n) is 11.3. The van der Waals surface area contributed by atoms with Crippen molar-refractivity contribution >= 4 is 17.6 Å². The number of carbonyl (C=O) groups excluding carboxylic acids is 1. The molecule has 110 valence electrons. The molecule has 20 heavy (non-hydrogen) atoms. The molecule has 0 heterocycles. The Labute approximate surface area is 117 Å². The van der Waals surface area contributed by atoms with Gasteiger partial charge in [0, 0.05) is 6.42 Å². The number of nitrogens with one attached hydrogen (secondary N) is 1. The molecule has 0 fully saturated rings. The van der Waals surface area contributed by atoms with Crippen molar-refractivity contribution in [1.29, 1.82) is 0 Å². The van der Waals surface area contributed by atoms with Crippen LogP contribution >= 0.6 is 0 Å². The second kappa shape index (κ2) is 8.92. The number of aliphatic carboxylic acids is 1. The number of carbonyl (C=O) groups is 2. The summed E-state index contributed by atoms with van der Waals surface area (Å²) in [6.45, 7) is 0.191. The van der Waals surface area contributed by atoms with Gasteiger partial charge >= 0.3 is 5.97 Å². The molecule has 0 spiro atoms. The predicted molar refractivity (Wildman–Crippen MR) is 75.7 cm³/mol. The Morgan fingerprint density at radius 1 is 1.20 bits per heavy atom. The second-order valence-electron chi connectivity index (χ2n) is 4.33. The molecule has 1 aromatic rings. The molecule has 0 unspecified atom stereocenters. The van der Waals surface area contributed by atoms with E-state index < -0.39 is 12.6 Å². The van der Waals surface area contributed by atoms with Gasteiger partial charge in [-0.15, -0.1) is 0 Å². The summed E-state index contributed by atoms with van der Waals surface area (Å²) in [5, 5.41) is 11.3. The number of unbranched alkanes of at least 4 members (excludes halogenated alkanes) is 2. The number of para-hydroxylation sites is 2. The van der Waals surface area contributed by atoms with Crippen LogP contribution in [-0.4, -0.2) is 30.1 Å². The number of nitrogens with two attached hydrogens (primary N) is 1. The molecule has 6 nitrogen and oxygen atoms in total. The molecule has 0 aromatic heterocycles. The van der Waals surface area contributed by atoms with Crippen molar-refractivity contribution < 1.29 is 19.4 Å². The number of rotatable bonds is 9. The zero-order valence-corrected chi connectivity index (χ0v) is 11.3. The van der Waals surface area contributed by atoms with Gasteiger partial charge in [-0.2, -0.15) is 0 Å². The van der Waals surface area contributed by atoms with E-state index in [1.165, 1.54) is 0 Å². The number of hydrogen-bond acceptors (Lipinski definition) is 4. The molecule has 1 aromatic carbocycles. The van der Waals surface area contributed by atoms with Gasteiger partial charge in [-0.1, -0.05) is 18.6 Å². The molecule has 0 aliphatic carbocycles. The van der Waals surface area contributed by atoms with Gasteiger partial charge in [-0.05, 0) is 31.5 Å². The Morgan fingerprint density at radius 3 is 2.65 bits per heavy atom. The molecular weight excluding hydrogens is 260 g/mol. The summed E-state index contributed by atoms with van der Waals surface area (Å²) < 4.78 is 5.11. The topological polar surface area (TPSA) is 102 Å². The van der Waals surface area contributed by atoms with E-state index in [1.54, 1.807) is 24.3 Å². The van der Waals surface area contributed by atoms with E-state index in [1.807, 2.05) is 0 Å². The average molecular weight is 280 g/mol. The predicted octanol–water partition coefficient (Wildman–Crippen LogP) is 1.61. The maximum Gasteiger partial charge on any atom is 0.341 e. The van der Waals surface area contributed by atoms with Crippen molar-refractivity contribution in [2.24, 2.45) is 5.73 Å². The second-order valence-corrected chi connectivity index (χ2v) is 4.33. The number of anilines is 1. The van der Waals surface area contributed by atoms with Crippen LogP contribution in [-0.2, 0) is 9.59 Å². The Bertz CT molecular complexity index is 449. The number of amides is 1. The number of hydrogen-bond donors (Lipinski definition) is 3. The highest BCUT2D eigenvalue weighted by molar-refractivity contribution is 5.92. The Balaban J connectivity index is 2.49. The molecular formula is C14H20N2O4. The first-order valence-corrected chi connectivity index (χ1v) is 6.57. The molecule has 6 heteroatoms. The summed E-state index contributed by atoms with van der Waals surface area (Å²) in [7, 11) is 0. The van der Waals surface area contributed by atoms with Crippen LogP contribution in [0.1, 0.15) is 25.7 Å². The number of ether oxygens (including phenoxy) is 1. The minimum Gasteiger partial charge on any atom is -0.480 e. The SMILES string of the molecule is NCCCCCC(=O)Nc1ccccc1OCC(=O)O. The van der Waals surface area contributed by atoms with E-state index in [9.17, 15) is 9.59 Å². The molecule has 1 amide bonds. The van der Waals surface area contributed by atoms with Crippen molar-refractivity contribution in [2.45, 2.75) is 25.7 Å². The highest BCUT2D eigenvalue weighted by Crippen LogP contribution is 2.23. The lowest BCUT2D eigenvalue weighted by atomic mass is 10.2. The third kappa shape index (κ3) is 6.19. The highest BCUT2D eigenvalue weighted by atomic mass is 16.5. The van der Waals surface area contributed by atoms with E-state index in [0.29, 0.717) is 24.4 Å². The van der Waals surface area contributed by atoms with Crippen molar-refractivity contribution in [3.63, 3.8) is 0 Å². The van der Waals surface area contributed by atoms with Crippen LogP contribution in [0.2, 0.25) is 0 Å². The van der Waals surface area contributed by atoms with Crippen LogP contribution in [0.4, 0.5) is 5.69 Å². The highest BCUT2D eigenvalue weighted by Gasteiger charge is 2.08. The van der Waals surface area contributed by atoms with Gasteiger partial charge in [-0.3, -0.25) is 4.79 Å². The van der Waals surface area contributed by atoms with Crippen molar-refractivity contribution in [3.05, 3.63) is 24.3 Å². The van der Waals surface area contributed by atoms with E-state index >= 15 is 0 Å². The lowest BCUT2D eigenvalue weighted by Crippen LogP contribution is -2.14. The van der Waals surface area contributed by atoms with E-state index in [4.69, 9.17) is 15.6 Å². The molecule has 0 atom stereocenters. The Morgan fingerprint density at radius 2 is 1.95 bits per heavy atom. The van der Waals surface area contributed by atoms with E-state index in [0.717, 1.165) is 19.3 Å². The average Bonchev–Trinajstić information content (AvgIpc) is 2.42. The standard InChI is InChI=1S/C14H20N2O4/c15-9-5-1-2-8-13(17)16-11-6-3-4-7-12(11)20-10-14(18)19/h3-4,6-7H,1-2,5,8-10,15H2,(H,16,17)(H,18,19). The Kier molecular flexibility index (Phi) is 7.13. The molecule has 1 rings (SSSR count). The van der Waals surface area contributed by atoms with Gasteiger partial charge in [0.1, 0.15) is 5.75 Å². The number of carboxylic acid groups (broad SMARTS) is 1. The summed E-state index contributed by atoms with van der Waals surface area (Å²) in [6, 6.07) is 6.76.